The van der Waals surface area contributed by atoms with E-state index in [0.717, 1.165) is 64.2 Å². The number of rotatable bonds is 3. The molecule has 124 valence electrons. The van der Waals surface area contributed by atoms with Crippen LogP contribution in [0.25, 0.3) is 0 Å². The van der Waals surface area contributed by atoms with E-state index in [1.807, 2.05) is 17.0 Å². The average Bonchev–Trinajstić information content (AvgIpc) is 2.62. The van der Waals surface area contributed by atoms with E-state index < -0.39 is 0 Å². The maximum atomic E-state index is 12.5. The number of carbonyl (C=O) groups is 2. The second-order valence-corrected chi connectivity index (χ2v) is 6.50. The summed E-state index contributed by atoms with van der Waals surface area (Å²) in [6, 6.07) is 3.78. The molecule has 2 fully saturated rings. The van der Waals surface area contributed by atoms with E-state index >= 15 is 0 Å². The summed E-state index contributed by atoms with van der Waals surface area (Å²) < 4.78 is 0. The Bertz CT molecular complexity index is 544. The molecule has 0 bridgehead atoms. The highest BCUT2D eigenvalue weighted by Crippen LogP contribution is 2.19. The molecule has 0 atom stereocenters. The SMILES string of the molecule is CC1CCN(C(=O)c2ccc(N3CCN(C=O)CC3)cn2)CC1. The first-order valence-corrected chi connectivity index (χ1v) is 8.37. The van der Waals surface area contributed by atoms with Gasteiger partial charge in [0.1, 0.15) is 5.69 Å². The number of hydrogen-bond acceptors (Lipinski definition) is 4. The average molecular weight is 316 g/mol. The Hall–Kier alpha value is -2.11. The minimum Gasteiger partial charge on any atom is -0.367 e. The number of piperidine rings is 1. The van der Waals surface area contributed by atoms with Gasteiger partial charge >= 0.3 is 0 Å². The van der Waals surface area contributed by atoms with Crippen molar-refractivity contribution in [2.24, 2.45) is 5.92 Å². The van der Waals surface area contributed by atoms with Gasteiger partial charge in [0.15, 0.2) is 0 Å². The summed E-state index contributed by atoms with van der Waals surface area (Å²) in [5.41, 5.74) is 1.54. The number of anilines is 1. The van der Waals surface area contributed by atoms with Crippen molar-refractivity contribution in [3.05, 3.63) is 24.0 Å². The highest BCUT2D eigenvalue weighted by molar-refractivity contribution is 5.92. The minimum absolute atomic E-state index is 0.0363. The number of amides is 2. The first kappa shape index (κ1) is 15.8. The van der Waals surface area contributed by atoms with Crippen molar-refractivity contribution < 1.29 is 9.59 Å². The number of hydrogen-bond donors (Lipinski definition) is 0. The van der Waals surface area contributed by atoms with Crippen LogP contribution in [0.15, 0.2) is 18.3 Å². The molecule has 6 nitrogen and oxygen atoms in total. The van der Waals surface area contributed by atoms with Crippen LogP contribution >= 0.6 is 0 Å². The Morgan fingerprint density at radius 2 is 1.83 bits per heavy atom. The summed E-state index contributed by atoms with van der Waals surface area (Å²) in [6.07, 6.45) is 4.82. The van der Waals surface area contributed by atoms with Gasteiger partial charge in [0.2, 0.25) is 6.41 Å². The van der Waals surface area contributed by atoms with Crippen LogP contribution in [0.4, 0.5) is 5.69 Å². The molecule has 0 saturated carbocycles. The lowest BCUT2D eigenvalue weighted by atomic mass is 9.99. The van der Waals surface area contributed by atoms with Crippen LogP contribution in [-0.2, 0) is 4.79 Å². The van der Waals surface area contributed by atoms with Gasteiger partial charge in [-0.05, 0) is 30.9 Å². The monoisotopic (exact) mass is 316 g/mol. The second kappa shape index (κ2) is 6.98. The van der Waals surface area contributed by atoms with E-state index in [0.29, 0.717) is 11.6 Å². The molecule has 6 heteroatoms. The molecule has 1 aromatic rings. The van der Waals surface area contributed by atoms with Gasteiger partial charge in [-0.25, -0.2) is 4.98 Å². The van der Waals surface area contributed by atoms with Crippen LogP contribution in [0.2, 0.25) is 0 Å². The molecule has 3 heterocycles. The lowest BCUT2D eigenvalue weighted by molar-refractivity contribution is -0.118. The molecule has 23 heavy (non-hydrogen) atoms. The van der Waals surface area contributed by atoms with Gasteiger partial charge < -0.3 is 14.7 Å². The number of carbonyl (C=O) groups excluding carboxylic acids is 2. The molecular formula is C17H24N4O2. The standard InChI is InChI=1S/C17H24N4O2/c1-14-4-6-21(7-5-14)17(23)16-3-2-15(12-18-16)20-10-8-19(13-22)9-11-20/h2-3,12-14H,4-11H2,1H3. The predicted molar refractivity (Wildman–Crippen MR) is 88.4 cm³/mol. The Morgan fingerprint density at radius 3 is 2.39 bits per heavy atom. The lowest BCUT2D eigenvalue weighted by Crippen LogP contribution is -2.45. The van der Waals surface area contributed by atoms with Crippen LogP contribution in [0.5, 0.6) is 0 Å². The van der Waals surface area contributed by atoms with Gasteiger partial charge in [0.25, 0.3) is 5.91 Å². The molecule has 1 aromatic heterocycles. The van der Waals surface area contributed by atoms with Crippen LogP contribution in [-0.4, -0.2) is 66.4 Å². The molecule has 2 aliphatic rings. The lowest BCUT2D eigenvalue weighted by Gasteiger charge is -2.34. The molecule has 3 rings (SSSR count). The summed E-state index contributed by atoms with van der Waals surface area (Å²) in [6.45, 7) is 6.97. The van der Waals surface area contributed by atoms with Crippen LogP contribution < -0.4 is 4.90 Å². The number of aromatic nitrogens is 1. The molecule has 0 unspecified atom stereocenters. The highest BCUT2D eigenvalue weighted by Gasteiger charge is 2.22. The van der Waals surface area contributed by atoms with E-state index in [1.165, 1.54) is 0 Å². The number of nitrogens with zero attached hydrogens (tertiary/aromatic N) is 4. The van der Waals surface area contributed by atoms with Crippen molar-refractivity contribution >= 4 is 18.0 Å². The summed E-state index contributed by atoms with van der Waals surface area (Å²) >= 11 is 0. The molecule has 2 amide bonds. The van der Waals surface area contributed by atoms with Crippen molar-refractivity contribution in [1.29, 1.82) is 0 Å². The van der Waals surface area contributed by atoms with E-state index in [2.05, 4.69) is 16.8 Å². The van der Waals surface area contributed by atoms with Crippen molar-refractivity contribution in [3.63, 3.8) is 0 Å². The van der Waals surface area contributed by atoms with Crippen molar-refractivity contribution in [2.75, 3.05) is 44.2 Å². The fourth-order valence-corrected chi connectivity index (χ4v) is 3.16. The van der Waals surface area contributed by atoms with Gasteiger partial charge in [0, 0.05) is 39.3 Å². The predicted octanol–water partition coefficient (Wildman–Crippen LogP) is 1.23. The molecule has 0 aliphatic carbocycles. The Morgan fingerprint density at radius 1 is 1.13 bits per heavy atom. The number of pyridine rings is 1. The summed E-state index contributed by atoms with van der Waals surface area (Å²) in [5.74, 6) is 0.744. The van der Waals surface area contributed by atoms with Crippen LogP contribution in [0.1, 0.15) is 30.3 Å². The van der Waals surface area contributed by atoms with E-state index in [9.17, 15) is 9.59 Å². The van der Waals surface area contributed by atoms with Gasteiger partial charge in [-0.1, -0.05) is 6.92 Å². The summed E-state index contributed by atoms with van der Waals surface area (Å²) in [7, 11) is 0. The van der Waals surface area contributed by atoms with E-state index in [1.54, 1.807) is 11.1 Å². The number of piperazine rings is 1. The molecule has 0 spiro atoms. The Balaban J connectivity index is 1.61. The number of likely N-dealkylation sites (tertiary alicyclic amines) is 1. The Labute approximate surface area is 137 Å². The Kier molecular flexibility index (Phi) is 4.79. The van der Waals surface area contributed by atoms with E-state index in [4.69, 9.17) is 0 Å². The molecular weight excluding hydrogens is 292 g/mol. The first-order chi connectivity index (χ1) is 11.2. The highest BCUT2D eigenvalue weighted by atomic mass is 16.2. The molecule has 0 N–H and O–H groups in total. The fourth-order valence-electron chi connectivity index (χ4n) is 3.16. The maximum absolute atomic E-state index is 12.5. The molecule has 0 aromatic carbocycles. The molecule has 0 radical (unpaired) electrons. The zero-order chi connectivity index (χ0) is 16.2. The summed E-state index contributed by atoms with van der Waals surface area (Å²) in [5, 5.41) is 0. The largest absolute Gasteiger partial charge is 0.367 e. The molecule has 2 saturated heterocycles. The smallest absolute Gasteiger partial charge is 0.272 e. The fraction of sp³-hybridized carbons (Fsp3) is 0.588. The van der Waals surface area contributed by atoms with E-state index in [-0.39, 0.29) is 5.91 Å². The third-order valence-electron chi connectivity index (χ3n) is 4.87. The third-order valence-corrected chi connectivity index (χ3v) is 4.87. The topological polar surface area (TPSA) is 56.8 Å². The zero-order valence-electron chi connectivity index (χ0n) is 13.6. The zero-order valence-corrected chi connectivity index (χ0v) is 13.6. The van der Waals surface area contributed by atoms with Gasteiger partial charge in [-0.15, -0.1) is 0 Å². The first-order valence-electron chi connectivity index (χ1n) is 8.37. The molecule has 2 aliphatic heterocycles. The normalized spacial score (nSPS) is 19.8. The van der Waals surface area contributed by atoms with Gasteiger partial charge in [-0.2, -0.15) is 0 Å². The van der Waals surface area contributed by atoms with Crippen LogP contribution in [0, 0.1) is 5.92 Å². The third kappa shape index (κ3) is 3.63. The minimum atomic E-state index is 0.0363. The quantitative estimate of drug-likeness (QED) is 0.787. The summed E-state index contributed by atoms with van der Waals surface area (Å²) in [4.78, 5) is 33.5. The van der Waals surface area contributed by atoms with Gasteiger partial charge in [0.05, 0.1) is 11.9 Å². The van der Waals surface area contributed by atoms with Crippen molar-refractivity contribution in [2.45, 2.75) is 19.8 Å². The van der Waals surface area contributed by atoms with Crippen LogP contribution in [0.3, 0.4) is 0 Å². The second-order valence-electron chi connectivity index (χ2n) is 6.50. The van der Waals surface area contributed by atoms with Crippen molar-refractivity contribution in [1.82, 2.24) is 14.8 Å². The maximum Gasteiger partial charge on any atom is 0.272 e. The van der Waals surface area contributed by atoms with Crippen molar-refractivity contribution in [3.8, 4) is 0 Å². The van der Waals surface area contributed by atoms with Gasteiger partial charge in [-0.3, -0.25) is 9.59 Å².